The zero-order valence-electron chi connectivity index (χ0n) is 33.4. The quantitative estimate of drug-likeness (QED) is 0.154. The van der Waals surface area contributed by atoms with Gasteiger partial charge in [-0.3, -0.25) is 14.4 Å². The summed E-state index contributed by atoms with van der Waals surface area (Å²) in [6.45, 7) is 10.0. The second kappa shape index (κ2) is 18.3. The van der Waals surface area contributed by atoms with Crippen LogP contribution in [-0.2, 0) is 49.5 Å². The molecule has 17 heteroatoms. The summed E-state index contributed by atoms with van der Waals surface area (Å²) >= 11 is 0. The van der Waals surface area contributed by atoms with E-state index < -0.39 is 52.9 Å². The average molecular weight is 826 g/mol. The largest absolute Gasteiger partial charge is 0.462 e. The summed E-state index contributed by atoms with van der Waals surface area (Å²) in [7, 11) is 0. The monoisotopic (exact) mass is 825 g/mol. The molecule has 3 heterocycles. The molecule has 11 nitrogen and oxygen atoms in total. The molecule has 1 fully saturated rings. The standard InChI is InChI=1S/C25H38O5.C16H15F6N5O/c1-6-25(4,5)24(28)30-21-12-15(2)11-17-8-7-16(3)20(23(17)21)10-9-19-13-18(26)14-22(27)29-19;17-10-6-12(19)11(18)4-8(10)3-9(23)5-14(28)26-1-2-27-13(7-26)24-25-15(27)16(20,21)22/h7-8,11,15-16,18-21,23,26H,6,9-10,12-14H2,1-5H3;4,6,9H,1-3,5,7,23H2/t15-,16-,18+,19+,20-,21-,23-;9-/m01/s1. The number of hydrogen-bond donors (Lipinski definition) is 2. The number of fused-ring (bicyclic) bond motifs is 2. The van der Waals surface area contributed by atoms with Crippen molar-refractivity contribution in [3.8, 4) is 0 Å². The molecule has 8 atom stereocenters. The SMILES string of the molecule is CCC(C)(C)C(=O)O[C@H]1C[C@@H](C)C=C2C=C[C@H](C)[C@H](CC[C@@H]3C[C@@H](O)CC(=O)O3)[C@H]21.N[C@@H](CC(=O)N1CCn2c(nnc2C(F)(F)F)C1)Cc1cc(F)c(F)cc1F. The van der Waals surface area contributed by atoms with Crippen LogP contribution in [0.2, 0.25) is 0 Å². The number of nitrogens with zero attached hydrogens (tertiary/aromatic N) is 4. The summed E-state index contributed by atoms with van der Waals surface area (Å²) in [5, 5.41) is 16.5. The van der Waals surface area contributed by atoms with Crippen molar-refractivity contribution < 1.29 is 55.3 Å². The number of rotatable bonds is 10. The predicted octanol–water partition coefficient (Wildman–Crippen LogP) is 6.60. The van der Waals surface area contributed by atoms with Gasteiger partial charge in [0, 0.05) is 44.0 Å². The number of alkyl halides is 3. The number of esters is 2. The van der Waals surface area contributed by atoms with E-state index in [1.165, 1.54) is 10.5 Å². The molecule has 58 heavy (non-hydrogen) atoms. The van der Waals surface area contributed by atoms with Crippen LogP contribution in [0, 0.1) is 46.5 Å². The minimum Gasteiger partial charge on any atom is -0.462 e. The number of aromatic nitrogens is 3. The maximum atomic E-state index is 13.7. The van der Waals surface area contributed by atoms with Gasteiger partial charge >= 0.3 is 18.1 Å². The van der Waals surface area contributed by atoms with Gasteiger partial charge in [0.2, 0.25) is 11.7 Å². The molecule has 320 valence electrons. The van der Waals surface area contributed by atoms with E-state index in [2.05, 4.69) is 42.3 Å². The van der Waals surface area contributed by atoms with Gasteiger partial charge in [0.05, 0.1) is 24.5 Å². The highest BCUT2D eigenvalue weighted by molar-refractivity contribution is 5.77. The summed E-state index contributed by atoms with van der Waals surface area (Å²) in [6, 6.07) is 0.184. The van der Waals surface area contributed by atoms with Crippen molar-refractivity contribution in [3.63, 3.8) is 0 Å². The van der Waals surface area contributed by atoms with E-state index in [4.69, 9.17) is 15.2 Å². The zero-order chi connectivity index (χ0) is 42.7. The Labute approximate surface area is 334 Å². The van der Waals surface area contributed by atoms with Gasteiger partial charge < -0.3 is 29.8 Å². The lowest BCUT2D eigenvalue weighted by atomic mass is 9.65. The number of aliphatic hydroxyl groups is 1. The number of aliphatic hydroxyl groups excluding tert-OH is 1. The number of cyclic esters (lactones) is 1. The lowest BCUT2D eigenvalue weighted by Crippen LogP contribution is -2.43. The molecule has 1 aromatic carbocycles. The summed E-state index contributed by atoms with van der Waals surface area (Å²) in [6.07, 6.45) is 4.51. The van der Waals surface area contributed by atoms with Gasteiger partial charge in [0.15, 0.2) is 17.5 Å². The van der Waals surface area contributed by atoms with Gasteiger partial charge in [-0.1, -0.05) is 39.0 Å². The Balaban J connectivity index is 0.000000221. The van der Waals surface area contributed by atoms with Crippen molar-refractivity contribution in [2.45, 2.75) is 130 Å². The van der Waals surface area contributed by atoms with E-state index in [-0.39, 0.29) is 80.3 Å². The van der Waals surface area contributed by atoms with E-state index in [1.807, 2.05) is 20.8 Å². The summed E-state index contributed by atoms with van der Waals surface area (Å²) in [5.41, 5.74) is 6.42. The van der Waals surface area contributed by atoms with Gasteiger partial charge in [-0.15, -0.1) is 10.2 Å². The van der Waals surface area contributed by atoms with E-state index in [9.17, 15) is 45.8 Å². The van der Waals surface area contributed by atoms with Crippen LogP contribution in [0.25, 0.3) is 0 Å². The van der Waals surface area contributed by atoms with Crippen LogP contribution in [0.4, 0.5) is 26.3 Å². The molecule has 0 saturated carbocycles. The van der Waals surface area contributed by atoms with Crippen LogP contribution in [0.5, 0.6) is 0 Å². The lowest BCUT2D eigenvalue weighted by molar-refractivity contribution is -0.166. The molecule has 4 aliphatic rings. The molecule has 0 radical (unpaired) electrons. The first kappa shape index (κ1) is 44.8. The first-order valence-electron chi connectivity index (χ1n) is 19.8. The van der Waals surface area contributed by atoms with Gasteiger partial charge in [-0.25, -0.2) is 13.2 Å². The number of nitrogens with two attached hydrogens (primary N) is 1. The van der Waals surface area contributed by atoms with Gasteiger partial charge in [0.1, 0.15) is 18.0 Å². The molecule has 1 amide bonds. The van der Waals surface area contributed by atoms with E-state index >= 15 is 0 Å². The van der Waals surface area contributed by atoms with Crippen molar-refractivity contribution in [1.82, 2.24) is 19.7 Å². The zero-order valence-corrected chi connectivity index (χ0v) is 33.4. The molecular formula is C41H53F6N5O6. The minimum atomic E-state index is -4.64. The molecule has 0 spiro atoms. The van der Waals surface area contributed by atoms with Crippen LogP contribution in [0.3, 0.4) is 0 Å². The number of halogens is 6. The minimum absolute atomic E-state index is 0.000783. The Morgan fingerprint density at radius 3 is 2.43 bits per heavy atom. The normalized spacial score (nSPS) is 26.4. The maximum absolute atomic E-state index is 13.7. The fraction of sp³-hybridized carbons (Fsp3) is 0.634. The third kappa shape index (κ3) is 10.9. The van der Waals surface area contributed by atoms with Crippen molar-refractivity contribution in [2.75, 3.05) is 6.54 Å². The molecule has 0 unspecified atom stereocenters. The molecular weight excluding hydrogens is 772 g/mol. The molecule has 1 saturated heterocycles. The first-order chi connectivity index (χ1) is 27.2. The van der Waals surface area contributed by atoms with Gasteiger partial charge in [-0.05, 0) is 80.9 Å². The topological polar surface area (TPSA) is 150 Å². The Morgan fingerprint density at radius 1 is 1.05 bits per heavy atom. The number of hydrogen-bond acceptors (Lipinski definition) is 9. The van der Waals surface area contributed by atoms with Crippen molar-refractivity contribution in [1.29, 1.82) is 0 Å². The second-order valence-corrected chi connectivity index (χ2v) is 16.7. The van der Waals surface area contributed by atoms with Crippen molar-refractivity contribution in [2.24, 2.45) is 34.8 Å². The summed E-state index contributed by atoms with van der Waals surface area (Å²) in [4.78, 5) is 38.2. The third-order valence-corrected chi connectivity index (χ3v) is 11.7. The average Bonchev–Trinajstić information content (AvgIpc) is 3.58. The highest BCUT2D eigenvalue weighted by Gasteiger charge is 2.44. The molecule has 2 aliphatic heterocycles. The Bertz CT molecular complexity index is 1880. The number of amides is 1. The molecule has 0 bridgehead atoms. The highest BCUT2D eigenvalue weighted by Crippen LogP contribution is 2.46. The van der Waals surface area contributed by atoms with Crippen LogP contribution in [-0.4, -0.2) is 73.5 Å². The summed E-state index contributed by atoms with van der Waals surface area (Å²) in [5.74, 6) is -4.37. The first-order valence-corrected chi connectivity index (χ1v) is 19.8. The van der Waals surface area contributed by atoms with Gasteiger partial charge in [-0.2, -0.15) is 13.2 Å². The van der Waals surface area contributed by atoms with Crippen LogP contribution in [0.15, 0.2) is 35.9 Å². The molecule has 1 aromatic heterocycles. The molecule has 2 aliphatic carbocycles. The van der Waals surface area contributed by atoms with E-state index in [0.29, 0.717) is 36.3 Å². The van der Waals surface area contributed by atoms with Crippen LogP contribution in [0.1, 0.15) is 96.8 Å². The Hall–Kier alpha value is -4.25. The predicted molar refractivity (Wildman–Crippen MR) is 199 cm³/mol. The fourth-order valence-corrected chi connectivity index (χ4v) is 8.09. The molecule has 2 aromatic rings. The number of benzene rings is 1. The van der Waals surface area contributed by atoms with E-state index in [0.717, 1.165) is 30.3 Å². The van der Waals surface area contributed by atoms with Crippen molar-refractivity contribution >= 4 is 17.8 Å². The Kier molecular flexibility index (Phi) is 14.2. The lowest BCUT2D eigenvalue weighted by Gasteiger charge is -2.44. The van der Waals surface area contributed by atoms with Crippen LogP contribution >= 0.6 is 0 Å². The summed E-state index contributed by atoms with van der Waals surface area (Å²) < 4.78 is 90.9. The van der Waals surface area contributed by atoms with E-state index in [1.54, 1.807) is 0 Å². The maximum Gasteiger partial charge on any atom is 0.451 e. The molecule has 6 rings (SSSR count). The number of ether oxygens (including phenoxy) is 2. The third-order valence-electron chi connectivity index (χ3n) is 11.7. The number of carbonyl (C=O) groups is 3. The molecule has 3 N–H and O–H groups in total. The number of allylic oxidation sites excluding steroid dienone is 3. The Morgan fingerprint density at radius 2 is 1.76 bits per heavy atom. The second-order valence-electron chi connectivity index (χ2n) is 16.7. The van der Waals surface area contributed by atoms with Gasteiger partial charge in [0.25, 0.3) is 0 Å². The fourth-order valence-electron chi connectivity index (χ4n) is 8.09. The van der Waals surface area contributed by atoms with Crippen molar-refractivity contribution in [3.05, 3.63) is 70.6 Å². The highest BCUT2D eigenvalue weighted by atomic mass is 19.4. The smallest absolute Gasteiger partial charge is 0.451 e. The number of carbonyl (C=O) groups excluding carboxylic acids is 3. The van der Waals surface area contributed by atoms with Crippen LogP contribution < -0.4 is 5.73 Å².